The Labute approximate surface area is 149 Å². The van der Waals surface area contributed by atoms with Crippen molar-refractivity contribution in [3.63, 3.8) is 0 Å². The number of rotatable bonds is 2. The molecular formula is C18H14NOY+2. The number of hydrogen-bond donors (Lipinski definition) is 0. The minimum Gasteiger partial charge on any atom is -0.292 e. The molecule has 2 nitrogen and oxygen atoms in total. The minimum atomic E-state index is 0. The Kier molecular flexibility index (Phi) is 5.38. The van der Waals surface area contributed by atoms with Gasteiger partial charge in [-0.15, -0.1) is 5.56 Å². The Bertz CT molecular complexity index is 700. The van der Waals surface area contributed by atoms with Crippen molar-refractivity contribution in [2.75, 3.05) is 6.54 Å². The van der Waals surface area contributed by atoms with Crippen molar-refractivity contribution in [2.24, 2.45) is 4.99 Å². The Balaban J connectivity index is 0.00000161. The molecule has 0 amide bonds. The zero-order chi connectivity index (χ0) is 13.9. The second-order valence-electron chi connectivity index (χ2n) is 4.84. The number of hydrogen-bond acceptors (Lipinski definition) is 2. The van der Waals surface area contributed by atoms with Gasteiger partial charge in [0.15, 0.2) is 5.78 Å². The number of Topliss-reactive ketones (excluding diaryl/α,β-unsaturated/α-hetero) is 1. The Morgan fingerprint density at radius 1 is 1.00 bits per heavy atom. The summed E-state index contributed by atoms with van der Waals surface area (Å²) < 4.78 is 0. The van der Waals surface area contributed by atoms with E-state index in [0.29, 0.717) is 0 Å². The average molecular weight is 349 g/mol. The van der Waals surface area contributed by atoms with Crippen molar-refractivity contribution in [3.8, 4) is 0 Å². The number of nitrogens with zero attached hydrogens (tertiary/aromatic N) is 1. The summed E-state index contributed by atoms with van der Waals surface area (Å²) in [6.07, 6.45) is 1.80. The van der Waals surface area contributed by atoms with E-state index in [1.54, 1.807) is 6.21 Å². The third-order valence-electron chi connectivity index (χ3n) is 3.37. The Morgan fingerprint density at radius 2 is 1.67 bits per heavy atom. The van der Waals surface area contributed by atoms with Gasteiger partial charge in [-0.3, -0.25) is 9.79 Å². The summed E-state index contributed by atoms with van der Waals surface area (Å²) in [6.45, 7) is 2.27. The second kappa shape index (κ2) is 7.06. The molecule has 0 radical (unpaired) electrons. The summed E-state index contributed by atoms with van der Waals surface area (Å²) in [6, 6.07) is 18.6. The van der Waals surface area contributed by atoms with Crippen molar-refractivity contribution in [3.05, 3.63) is 71.3 Å². The third kappa shape index (κ3) is 3.45. The number of allylic oxidation sites excluding steroid dienone is 1. The molecule has 0 aromatic heterocycles. The van der Waals surface area contributed by atoms with Crippen LogP contribution in [0.1, 0.15) is 16.7 Å². The topological polar surface area (TPSA) is 29.4 Å². The molecule has 2 aromatic rings. The van der Waals surface area contributed by atoms with E-state index in [2.05, 4.69) is 11.1 Å². The molecule has 0 saturated carbocycles. The summed E-state index contributed by atoms with van der Waals surface area (Å²) in [5.41, 5.74) is 4.78. The van der Waals surface area contributed by atoms with Gasteiger partial charge in [-0.2, -0.15) is 30.3 Å². The van der Waals surface area contributed by atoms with E-state index >= 15 is 0 Å². The van der Waals surface area contributed by atoms with Crippen LogP contribution in [0.4, 0.5) is 0 Å². The van der Waals surface area contributed by atoms with Gasteiger partial charge >= 0.3 is 32.7 Å². The molecule has 0 aliphatic carbocycles. The van der Waals surface area contributed by atoms with Crippen LogP contribution in [0.5, 0.6) is 0 Å². The van der Waals surface area contributed by atoms with Crippen molar-refractivity contribution in [2.45, 2.75) is 6.92 Å². The monoisotopic (exact) mass is 349 g/mol. The summed E-state index contributed by atoms with van der Waals surface area (Å²) in [5, 5.41) is 0. The van der Waals surface area contributed by atoms with Gasteiger partial charge in [0.05, 0.1) is 0 Å². The van der Waals surface area contributed by atoms with Crippen LogP contribution in [-0.2, 0) is 37.5 Å². The van der Waals surface area contributed by atoms with Gasteiger partial charge in [0, 0.05) is 11.8 Å². The minimum absolute atomic E-state index is 0. The van der Waals surface area contributed by atoms with E-state index < -0.39 is 0 Å². The molecule has 0 saturated heterocycles. The Hall–Kier alpha value is -1.38. The van der Waals surface area contributed by atoms with Crippen LogP contribution in [0.3, 0.4) is 0 Å². The van der Waals surface area contributed by atoms with Gasteiger partial charge in [-0.1, -0.05) is 29.8 Å². The molecular weight excluding hydrogens is 335 g/mol. The molecule has 21 heavy (non-hydrogen) atoms. The van der Waals surface area contributed by atoms with E-state index in [9.17, 15) is 4.79 Å². The number of dihydropyridines is 1. The van der Waals surface area contributed by atoms with Crippen LogP contribution in [0, 0.1) is 13.0 Å². The van der Waals surface area contributed by atoms with Gasteiger partial charge < -0.3 is 0 Å². The summed E-state index contributed by atoms with van der Waals surface area (Å²) in [5.74, 6) is 0.0687. The fraction of sp³-hybridized carbons (Fsp3) is 0.111. The van der Waals surface area contributed by atoms with Gasteiger partial charge in [0.2, 0.25) is 0 Å². The van der Waals surface area contributed by atoms with Gasteiger partial charge in [0.1, 0.15) is 6.54 Å². The van der Waals surface area contributed by atoms with Crippen LogP contribution >= 0.6 is 0 Å². The predicted molar refractivity (Wildman–Crippen MR) is 81.6 cm³/mol. The summed E-state index contributed by atoms with van der Waals surface area (Å²) >= 11 is 0. The first-order valence-corrected chi connectivity index (χ1v) is 6.56. The van der Waals surface area contributed by atoms with E-state index in [0.717, 1.165) is 22.3 Å². The second-order valence-corrected chi connectivity index (χ2v) is 4.84. The first-order valence-electron chi connectivity index (χ1n) is 6.56. The zero-order valence-electron chi connectivity index (χ0n) is 11.8. The molecule has 0 N–H and O–H groups in total. The summed E-state index contributed by atoms with van der Waals surface area (Å²) in [4.78, 5) is 16.5. The SMILES string of the molecule is Cc1ccc(C2=C(c3cc[c-]cc3)C=NCC2=O)cc1.[Y+3]. The molecule has 0 bridgehead atoms. The summed E-state index contributed by atoms with van der Waals surface area (Å²) in [7, 11) is 0. The molecule has 1 heterocycles. The van der Waals surface area contributed by atoms with Crippen LogP contribution in [0.2, 0.25) is 0 Å². The molecule has 3 rings (SSSR count). The molecule has 2 aromatic carbocycles. The quantitative estimate of drug-likeness (QED) is 0.765. The number of aliphatic imine (C=N–C) groups is 1. The first kappa shape index (κ1) is 16.0. The van der Waals surface area contributed by atoms with Crippen LogP contribution in [0.15, 0.2) is 53.5 Å². The maximum Gasteiger partial charge on any atom is 3.00 e. The largest absolute Gasteiger partial charge is 3.00 e. The van der Waals surface area contributed by atoms with E-state index in [1.165, 1.54) is 5.56 Å². The smallest absolute Gasteiger partial charge is 0.292 e. The van der Waals surface area contributed by atoms with Crippen molar-refractivity contribution < 1.29 is 37.5 Å². The molecule has 0 fully saturated rings. The maximum atomic E-state index is 12.3. The zero-order valence-corrected chi connectivity index (χ0v) is 14.7. The number of benzene rings is 2. The van der Waals surface area contributed by atoms with Gasteiger partial charge in [0.25, 0.3) is 0 Å². The van der Waals surface area contributed by atoms with Gasteiger partial charge in [-0.05, 0) is 18.1 Å². The molecule has 0 unspecified atom stereocenters. The van der Waals surface area contributed by atoms with Crippen LogP contribution in [-0.4, -0.2) is 18.5 Å². The molecule has 98 valence electrons. The standard InChI is InChI=1S/C18H14NO.Y/c1-13-7-9-15(10-8-13)18-16(11-19-12-17(18)20)14-5-3-2-4-6-14;/h3-11H,12H2,1H3;/q-1;+3. The number of ketones is 1. The van der Waals surface area contributed by atoms with E-state index in [1.807, 2.05) is 55.5 Å². The normalized spacial score (nSPS) is 14.0. The third-order valence-corrected chi connectivity index (χ3v) is 3.37. The van der Waals surface area contributed by atoms with E-state index in [4.69, 9.17) is 0 Å². The van der Waals surface area contributed by atoms with E-state index in [-0.39, 0.29) is 45.0 Å². The fourth-order valence-corrected chi connectivity index (χ4v) is 2.34. The molecule has 1 aliphatic heterocycles. The van der Waals surface area contributed by atoms with Crippen molar-refractivity contribution in [1.82, 2.24) is 0 Å². The van der Waals surface area contributed by atoms with Crippen LogP contribution < -0.4 is 0 Å². The number of aryl methyl sites for hydroxylation is 1. The average Bonchev–Trinajstić information content (AvgIpc) is 2.49. The fourth-order valence-electron chi connectivity index (χ4n) is 2.34. The van der Waals surface area contributed by atoms with Crippen LogP contribution in [0.25, 0.3) is 11.1 Å². The molecule has 0 spiro atoms. The molecule has 3 heteroatoms. The predicted octanol–water partition coefficient (Wildman–Crippen LogP) is 3.36. The van der Waals surface area contributed by atoms with Crippen molar-refractivity contribution >= 4 is 23.1 Å². The number of carbonyl (C=O) groups is 1. The van der Waals surface area contributed by atoms with Crippen molar-refractivity contribution in [1.29, 1.82) is 0 Å². The molecule has 1 aliphatic rings. The van der Waals surface area contributed by atoms with Gasteiger partial charge in [-0.25, -0.2) is 0 Å². The number of carbonyl (C=O) groups excluding carboxylic acids is 1. The Morgan fingerprint density at radius 3 is 2.33 bits per heavy atom. The first-order chi connectivity index (χ1) is 9.75. The maximum absolute atomic E-state index is 12.3. The molecule has 0 atom stereocenters.